The van der Waals surface area contributed by atoms with Crippen molar-refractivity contribution in [2.24, 2.45) is 0 Å². The zero-order valence-electron chi connectivity index (χ0n) is 21.9. The number of amides is 1. The average Bonchev–Trinajstić information content (AvgIpc) is 3.65. The number of piperazine rings is 1. The molecule has 1 unspecified atom stereocenters. The van der Waals surface area contributed by atoms with Crippen LogP contribution in [0.3, 0.4) is 0 Å². The minimum atomic E-state index is -0.284. The Hall–Kier alpha value is -3.24. The van der Waals surface area contributed by atoms with Crippen molar-refractivity contribution in [3.05, 3.63) is 70.8 Å². The molecule has 39 heavy (non-hydrogen) atoms. The zero-order valence-corrected chi connectivity index (χ0v) is 23.5. The number of carbonyl (C=O) groups excluding carboxylic acids is 1. The number of H-pyrrole nitrogens is 1. The molecule has 2 aromatic carbocycles. The summed E-state index contributed by atoms with van der Waals surface area (Å²) >= 11 is 7.49. The zero-order chi connectivity index (χ0) is 26.8. The summed E-state index contributed by atoms with van der Waals surface area (Å²) in [5.74, 6) is 0.360. The molecular weight excluding hydrogens is 530 g/mol. The highest BCUT2D eigenvalue weighted by atomic mass is 35.5. The molecular formula is C29H32ClN7OS. The summed E-state index contributed by atoms with van der Waals surface area (Å²) in [4.78, 5) is 33.2. The molecule has 8 nitrogen and oxygen atoms in total. The molecule has 2 N–H and O–H groups in total. The highest BCUT2D eigenvalue weighted by Crippen LogP contribution is 2.32. The second-order valence-corrected chi connectivity index (χ2v) is 11.5. The predicted molar refractivity (Wildman–Crippen MR) is 159 cm³/mol. The molecule has 0 radical (unpaired) electrons. The number of hydrogen-bond donors (Lipinski definition) is 2. The van der Waals surface area contributed by atoms with Gasteiger partial charge in [-0.3, -0.25) is 15.0 Å². The molecule has 202 valence electrons. The van der Waals surface area contributed by atoms with Crippen molar-refractivity contribution >= 4 is 39.7 Å². The van der Waals surface area contributed by atoms with Gasteiger partial charge in [0.2, 0.25) is 0 Å². The Morgan fingerprint density at radius 3 is 2.46 bits per heavy atom. The quantitative estimate of drug-likeness (QED) is 0.316. The Morgan fingerprint density at radius 1 is 1.00 bits per heavy atom. The van der Waals surface area contributed by atoms with Crippen LogP contribution in [0.25, 0.3) is 22.6 Å². The van der Waals surface area contributed by atoms with Gasteiger partial charge >= 0.3 is 0 Å². The van der Waals surface area contributed by atoms with E-state index < -0.39 is 0 Å². The van der Waals surface area contributed by atoms with Crippen molar-refractivity contribution in [2.75, 3.05) is 50.0 Å². The monoisotopic (exact) mass is 561 g/mol. The fourth-order valence-electron chi connectivity index (χ4n) is 5.46. The van der Waals surface area contributed by atoms with Crippen molar-refractivity contribution in [1.82, 2.24) is 24.8 Å². The number of thiazole rings is 1. The Bertz CT molecular complexity index is 1400. The summed E-state index contributed by atoms with van der Waals surface area (Å²) in [5.41, 5.74) is 3.93. The number of aromatic amines is 1. The number of anilines is 2. The highest BCUT2D eigenvalue weighted by Gasteiger charge is 2.30. The Morgan fingerprint density at radius 2 is 1.74 bits per heavy atom. The molecule has 4 heterocycles. The maximum Gasteiger partial charge on any atom is 0.276 e. The number of piperidine rings is 1. The van der Waals surface area contributed by atoms with Crippen LogP contribution in [0.2, 0.25) is 5.02 Å². The van der Waals surface area contributed by atoms with Crippen LogP contribution >= 0.6 is 22.9 Å². The molecule has 2 aromatic heterocycles. The predicted octanol–water partition coefficient (Wildman–Crippen LogP) is 5.67. The second-order valence-electron chi connectivity index (χ2n) is 10.2. The lowest BCUT2D eigenvalue weighted by molar-refractivity contribution is 0.0960. The van der Waals surface area contributed by atoms with Crippen molar-refractivity contribution in [3.63, 3.8) is 0 Å². The average molecular weight is 562 g/mol. The van der Waals surface area contributed by atoms with Gasteiger partial charge in [-0.1, -0.05) is 23.7 Å². The fourth-order valence-corrected chi connectivity index (χ4v) is 6.11. The van der Waals surface area contributed by atoms with E-state index >= 15 is 0 Å². The Kier molecular flexibility index (Phi) is 7.65. The number of nitrogens with zero attached hydrogens (tertiary/aromatic N) is 5. The van der Waals surface area contributed by atoms with Gasteiger partial charge in [0.1, 0.15) is 17.2 Å². The van der Waals surface area contributed by atoms with E-state index in [2.05, 4.69) is 61.3 Å². The van der Waals surface area contributed by atoms with Crippen LogP contribution in [-0.2, 0) is 0 Å². The van der Waals surface area contributed by atoms with Crippen molar-refractivity contribution in [2.45, 2.75) is 25.4 Å². The topological polar surface area (TPSA) is 80.4 Å². The number of rotatable bonds is 6. The van der Waals surface area contributed by atoms with E-state index in [4.69, 9.17) is 16.6 Å². The van der Waals surface area contributed by atoms with Crippen LogP contribution in [0.15, 0.2) is 60.1 Å². The molecule has 1 amide bonds. The lowest BCUT2D eigenvalue weighted by Crippen LogP contribution is -2.56. The second kappa shape index (κ2) is 11.5. The van der Waals surface area contributed by atoms with Crippen molar-refractivity contribution in [1.29, 1.82) is 0 Å². The standard InChI is InChI=1S/C29H32ClN7OS/c1-35-15-17-36(18-16-35)24-4-2-3-14-37(24)23-11-7-21(8-12-23)27-32-25(20-5-9-22(30)10-6-20)26(33-27)28(38)34-29-31-13-19-39-29/h5-13,19,24H,2-4,14-18H2,1H3,(H,32,33)(H,31,34,38). The highest BCUT2D eigenvalue weighted by molar-refractivity contribution is 7.13. The van der Waals surface area contributed by atoms with E-state index in [1.165, 1.54) is 36.3 Å². The molecule has 4 aromatic rings. The van der Waals surface area contributed by atoms with Gasteiger partial charge in [0.15, 0.2) is 5.13 Å². The number of imidazole rings is 1. The van der Waals surface area contributed by atoms with Gasteiger partial charge < -0.3 is 14.8 Å². The number of carbonyl (C=O) groups is 1. The van der Waals surface area contributed by atoms with Crippen LogP contribution in [-0.4, -0.2) is 76.6 Å². The molecule has 2 fully saturated rings. The summed E-state index contributed by atoms with van der Waals surface area (Å²) < 4.78 is 0. The van der Waals surface area contributed by atoms with Crippen LogP contribution in [0.1, 0.15) is 29.8 Å². The van der Waals surface area contributed by atoms with E-state index in [0.29, 0.717) is 33.5 Å². The van der Waals surface area contributed by atoms with Gasteiger partial charge in [0.25, 0.3) is 5.91 Å². The Labute approximate surface area is 237 Å². The molecule has 0 spiro atoms. The summed E-state index contributed by atoms with van der Waals surface area (Å²) in [6, 6.07) is 15.9. The number of hydrogen-bond acceptors (Lipinski definition) is 7. The molecule has 10 heteroatoms. The van der Waals surface area contributed by atoms with Gasteiger partial charge in [-0.25, -0.2) is 9.97 Å². The molecule has 6 rings (SSSR count). The van der Waals surface area contributed by atoms with Crippen LogP contribution < -0.4 is 10.2 Å². The van der Waals surface area contributed by atoms with Gasteiger partial charge in [0.05, 0.1) is 6.17 Å². The van der Waals surface area contributed by atoms with Gasteiger partial charge in [-0.05, 0) is 62.7 Å². The van der Waals surface area contributed by atoms with E-state index in [-0.39, 0.29) is 5.91 Å². The molecule has 2 aliphatic heterocycles. The first kappa shape index (κ1) is 26.0. The largest absolute Gasteiger partial charge is 0.356 e. The number of nitrogens with one attached hydrogen (secondary N) is 2. The SMILES string of the molecule is CN1CCN(C2CCCCN2c2ccc(-c3nc(-c4ccc(Cl)cc4)c(C(=O)Nc4nccs4)[nH]3)cc2)CC1. The number of halogens is 1. The van der Waals surface area contributed by atoms with E-state index in [0.717, 1.165) is 43.9 Å². The maximum atomic E-state index is 13.2. The van der Waals surface area contributed by atoms with Gasteiger partial charge in [-0.2, -0.15) is 0 Å². The smallest absolute Gasteiger partial charge is 0.276 e. The van der Waals surface area contributed by atoms with E-state index in [1.54, 1.807) is 18.3 Å². The molecule has 2 saturated heterocycles. The van der Waals surface area contributed by atoms with Crippen LogP contribution in [0.4, 0.5) is 10.8 Å². The number of benzene rings is 2. The molecule has 0 aliphatic carbocycles. The van der Waals surface area contributed by atoms with E-state index in [1.807, 2.05) is 17.5 Å². The van der Waals surface area contributed by atoms with Crippen molar-refractivity contribution in [3.8, 4) is 22.6 Å². The third-order valence-electron chi connectivity index (χ3n) is 7.60. The normalized spacial score (nSPS) is 18.8. The molecule has 0 bridgehead atoms. The lowest BCUT2D eigenvalue weighted by Gasteiger charge is -2.46. The Balaban J connectivity index is 1.28. The van der Waals surface area contributed by atoms with Crippen molar-refractivity contribution < 1.29 is 4.79 Å². The van der Waals surface area contributed by atoms with Crippen LogP contribution in [0, 0.1) is 0 Å². The molecule has 0 saturated carbocycles. The first-order valence-electron chi connectivity index (χ1n) is 13.4. The summed E-state index contributed by atoms with van der Waals surface area (Å²) in [7, 11) is 2.20. The summed E-state index contributed by atoms with van der Waals surface area (Å²) in [5, 5.41) is 5.87. The third kappa shape index (κ3) is 5.72. The molecule has 1 atom stereocenters. The van der Waals surface area contributed by atoms with Crippen LogP contribution in [0.5, 0.6) is 0 Å². The van der Waals surface area contributed by atoms with E-state index in [9.17, 15) is 4.79 Å². The third-order valence-corrected chi connectivity index (χ3v) is 8.54. The number of likely N-dealkylation sites (N-methyl/N-ethyl adjacent to an activating group) is 1. The maximum absolute atomic E-state index is 13.2. The summed E-state index contributed by atoms with van der Waals surface area (Å²) in [6.07, 6.45) is 5.80. The minimum Gasteiger partial charge on any atom is -0.356 e. The molecule has 2 aliphatic rings. The summed E-state index contributed by atoms with van der Waals surface area (Å²) in [6.45, 7) is 5.54. The van der Waals surface area contributed by atoms with Gasteiger partial charge in [-0.15, -0.1) is 11.3 Å². The first-order valence-corrected chi connectivity index (χ1v) is 14.7. The number of aromatic nitrogens is 3. The lowest BCUT2D eigenvalue weighted by atomic mass is 10.0. The first-order chi connectivity index (χ1) is 19.0. The fraction of sp³-hybridized carbons (Fsp3) is 0.345. The van der Waals surface area contributed by atoms with Gasteiger partial charge in [0, 0.05) is 66.1 Å². The minimum absolute atomic E-state index is 0.284.